The van der Waals surface area contributed by atoms with Crippen LogP contribution in [0.25, 0.3) is 0 Å². The largest absolute Gasteiger partial charge is 0.361 e. The summed E-state index contributed by atoms with van der Waals surface area (Å²) in [6.45, 7) is 3.91. The van der Waals surface area contributed by atoms with Crippen molar-refractivity contribution in [3.05, 3.63) is 17.0 Å². The molecule has 1 aliphatic rings. The molecule has 1 amide bonds. The van der Waals surface area contributed by atoms with Crippen molar-refractivity contribution in [1.29, 1.82) is 0 Å². The Hall–Kier alpha value is -1.37. The summed E-state index contributed by atoms with van der Waals surface area (Å²) >= 11 is 0. The highest BCUT2D eigenvalue weighted by molar-refractivity contribution is 7.91. The summed E-state index contributed by atoms with van der Waals surface area (Å²) in [7, 11) is -3.02. The average Bonchev–Trinajstić information content (AvgIpc) is 2.80. The number of nitrogens with zero attached hydrogens (tertiary/aromatic N) is 1. The molecule has 1 aliphatic heterocycles. The molecule has 0 unspecified atom stereocenters. The first-order chi connectivity index (χ1) is 8.39. The predicted octanol–water partition coefficient (Wildman–Crippen LogP) is 0.342. The quantitative estimate of drug-likeness (QED) is 0.857. The van der Waals surface area contributed by atoms with Crippen LogP contribution in [0.1, 0.15) is 23.4 Å². The molecular weight excluding hydrogens is 256 g/mol. The van der Waals surface area contributed by atoms with Gasteiger partial charge in [0.1, 0.15) is 5.76 Å². The lowest BCUT2D eigenvalue weighted by atomic mass is 10.1. The monoisotopic (exact) mass is 272 g/mol. The average molecular weight is 272 g/mol. The van der Waals surface area contributed by atoms with Crippen molar-refractivity contribution in [1.82, 2.24) is 10.5 Å². The number of aryl methyl sites for hydroxylation is 2. The Morgan fingerprint density at radius 1 is 1.50 bits per heavy atom. The zero-order chi connectivity index (χ0) is 13.3. The van der Waals surface area contributed by atoms with E-state index in [9.17, 15) is 13.2 Å². The molecule has 6 nitrogen and oxygen atoms in total. The van der Waals surface area contributed by atoms with Crippen LogP contribution < -0.4 is 5.32 Å². The summed E-state index contributed by atoms with van der Waals surface area (Å²) in [6, 6.07) is 0. The zero-order valence-electron chi connectivity index (χ0n) is 10.4. The van der Waals surface area contributed by atoms with Gasteiger partial charge in [-0.1, -0.05) is 5.16 Å². The number of hydrogen-bond donors (Lipinski definition) is 1. The third kappa shape index (κ3) is 2.72. The van der Waals surface area contributed by atoms with Crippen LogP contribution in [0.2, 0.25) is 0 Å². The molecule has 7 heteroatoms. The smallest absolute Gasteiger partial charge is 0.224 e. The fourth-order valence-corrected chi connectivity index (χ4v) is 3.82. The van der Waals surface area contributed by atoms with Gasteiger partial charge in [0.2, 0.25) is 5.91 Å². The molecule has 18 heavy (non-hydrogen) atoms. The van der Waals surface area contributed by atoms with E-state index in [1.54, 1.807) is 13.8 Å². The first kappa shape index (κ1) is 13.1. The number of carbonyl (C=O) groups is 1. The minimum Gasteiger partial charge on any atom is -0.361 e. The van der Waals surface area contributed by atoms with Crippen LogP contribution in [0.5, 0.6) is 0 Å². The van der Waals surface area contributed by atoms with Crippen LogP contribution in [0.15, 0.2) is 4.52 Å². The Morgan fingerprint density at radius 2 is 2.22 bits per heavy atom. The van der Waals surface area contributed by atoms with Gasteiger partial charge >= 0.3 is 0 Å². The van der Waals surface area contributed by atoms with Crippen LogP contribution in [0.4, 0.5) is 0 Å². The van der Waals surface area contributed by atoms with E-state index in [1.165, 1.54) is 0 Å². The molecule has 0 spiro atoms. The van der Waals surface area contributed by atoms with Crippen molar-refractivity contribution in [2.75, 3.05) is 11.5 Å². The van der Waals surface area contributed by atoms with Gasteiger partial charge in [-0.15, -0.1) is 0 Å². The van der Waals surface area contributed by atoms with Gasteiger partial charge in [-0.25, -0.2) is 8.42 Å². The number of amides is 1. The first-order valence-electron chi connectivity index (χ1n) is 5.79. The van der Waals surface area contributed by atoms with Gasteiger partial charge in [0.05, 0.1) is 23.1 Å². The van der Waals surface area contributed by atoms with Crippen LogP contribution in [0, 0.1) is 19.8 Å². The van der Waals surface area contributed by atoms with Crippen LogP contribution in [-0.2, 0) is 21.2 Å². The van der Waals surface area contributed by atoms with Gasteiger partial charge in [0.25, 0.3) is 0 Å². The van der Waals surface area contributed by atoms with E-state index in [1.807, 2.05) is 0 Å². The van der Waals surface area contributed by atoms with Gasteiger partial charge in [0, 0.05) is 12.1 Å². The molecule has 2 rings (SSSR count). The number of carbonyl (C=O) groups excluding carboxylic acids is 1. The fraction of sp³-hybridized carbons (Fsp3) is 0.636. The topological polar surface area (TPSA) is 89.3 Å². The summed E-state index contributed by atoms with van der Waals surface area (Å²) in [6.07, 6.45) is 0.412. The highest BCUT2D eigenvalue weighted by atomic mass is 32.2. The summed E-state index contributed by atoms with van der Waals surface area (Å²) in [4.78, 5) is 11.8. The van der Waals surface area contributed by atoms with Crippen molar-refractivity contribution in [3.63, 3.8) is 0 Å². The molecule has 0 bridgehead atoms. The first-order valence-corrected chi connectivity index (χ1v) is 7.61. The standard InChI is InChI=1S/C11H16N2O4S/c1-7-10(8(2)17-13-7)5-12-11(14)9-3-4-18(15,16)6-9/h9H,3-6H2,1-2H3,(H,12,14)/t9-/m1/s1. The maximum Gasteiger partial charge on any atom is 0.224 e. The number of rotatable bonds is 3. The van der Waals surface area contributed by atoms with E-state index in [2.05, 4.69) is 10.5 Å². The molecule has 1 N–H and O–H groups in total. The Kier molecular flexibility index (Phi) is 3.43. The summed E-state index contributed by atoms with van der Waals surface area (Å²) in [5.41, 5.74) is 1.59. The van der Waals surface area contributed by atoms with Crippen LogP contribution in [0.3, 0.4) is 0 Å². The van der Waals surface area contributed by atoms with E-state index in [4.69, 9.17) is 4.52 Å². The normalized spacial score (nSPS) is 22.0. The molecule has 0 radical (unpaired) electrons. The van der Waals surface area contributed by atoms with E-state index in [-0.39, 0.29) is 17.4 Å². The molecule has 0 aliphatic carbocycles. The third-order valence-electron chi connectivity index (χ3n) is 3.22. The molecule has 2 heterocycles. The Balaban J connectivity index is 1.94. The van der Waals surface area contributed by atoms with Gasteiger partial charge < -0.3 is 9.84 Å². The molecule has 1 saturated heterocycles. The van der Waals surface area contributed by atoms with Crippen molar-refractivity contribution < 1.29 is 17.7 Å². The van der Waals surface area contributed by atoms with Gasteiger partial charge in [-0.05, 0) is 20.3 Å². The Morgan fingerprint density at radius 3 is 2.72 bits per heavy atom. The molecule has 1 aromatic rings. The van der Waals surface area contributed by atoms with Gasteiger partial charge in [-0.3, -0.25) is 4.79 Å². The lowest BCUT2D eigenvalue weighted by Crippen LogP contribution is -2.31. The molecule has 1 atom stereocenters. The summed E-state index contributed by atoms with van der Waals surface area (Å²) in [5, 5.41) is 6.54. The van der Waals surface area contributed by atoms with Crippen molar-refractivity contribution in [3.8, 4) is 0 Å². The molecular formula is C11H16N2O4S. The Labute approximate surface area is 106 Å². The summed E-state index contributed by atoms with van der Waals surface area (Å²) < 4.78 is 27.6. The van der Waals surface area contributed by atoms with Crippen LogP contribution in [-0.4, -0.2) is 31.0 Å². The van der Waals surface area contributed by atoms with Crippen molar-refractivity contribution in [2.24, 2.45) is 5.92 Å². The molecule has 1 aromatic heterocycles. The zero-order valence-corrected chi connectivity index (χ0v) is 11.2. The number of hydrogen-bond acceptors (Lipinski definition) is 5. The van der Waals surface area contributed by atoms with Crippen molar-refractivity contribution in [2.45, 2.75) is 26.8 Å². The minimum absolute atomic E-state index is 0.0412. The number of nitrogens with one attached hydrogen (secondary N) is 1. The lowest BCUT2D eigenvalue weighted by Gasteiger charge is -2.08. The second kappa shape index (κ2) is 4.72. The summed E-state index contributed by atoms with van der Waals surface area (Å²) in [5.74, 6) is 0.106. The molecule has 0 saturated carbocycles. The van der Waals surface area contributed by atoms with E-state index in [0.29, 0.717) is 18.7 Å². The number of sulfone groups is 1. The van der Waals surface area contributed by atoms with Gasteiger partial charge in [0.15, 0.2) is 9.84 Å². The minimum atomic E-state index is -3.02. The predicted molar refractivity (Wildman–Crippen MR) is 64.6 cm³/mol. The van der Waals surface area contributed by atoms with Gasteiger partial charge in [-0.2, -0.15) is 0 Å². The highest BCUT2D eigenvalue weighted by Crippen LogP contribution is 2.19. The molecule has 0 aromatic carbocycles. The second-order valence-electron chi connectivity index (χ2n) is 4.62. The molecule has 100 valence electrons. The third-order valence-corrected chi connectivity index (χ3v) is 4.99. The maximum atomic E-state index is 11.8. The van der Waals surface area contributed by atoms with Crippen molar-refractivity contribution >= 4 is 15.7 Å². The highest BCUT2D eigenvalue weighted by Gasteiger charge is 2.32. The van der Waals surface area contributed by atoms with Crippen LogP contribution >= 0.6 is 0 Å². The fourth-order valence-electron chi connectivity index (χ4n) is 2.08. The lowest BCUT2D eigenvalue weighted by molar-refractivity contribution is -0.124. The number of aromatic nitrogens is 1. The van der Waals surface area contributed by atoms with E-state index >= 15 is 0 Å². The maximum absolute atomic E-state index is 11.8. The second-order valence-corrected chi connectivity index (χ2v) is 6.85. The van der Waals surface area contributed by atoms with E-state index < -0.39 is 15.8 Å². The Bertz CT molecular complexity index is 542. The van der Waals surface area contributed by atoms with E-state index in [0.717, 1.165) is 11.3 Å². The molecule has 1 fully saturated rings. The SMILES string of the molecule is Cc1noc(C)c1CNC(=O)[C@@H]1CCS(=O)(=O)C1.